The Morgan fingerprint density at radius 3 is 2.47 bits per heavy atom. The van der Waals surface area contributed by atoms with E-state index in [0.29, 0.717) is 0 Å². The van der Waals surface area contributed by atoms with Crippen LogP contribution in [0.25, 0.3) is 0 Å². The summed E-state index contributed by atoms with van der Waals surface area (Å²) in [6.07, 6.45) is -5.31. The first-order valence-corrected chi connectivity index (χ1v) is 4.86. The Kier molecular flexibility index (Phi) is 4.41. The molecule has 1 N–H and O–H groups in total. The van der Waals surface area contributed by atoms with Crippen LogP contribution in [0.2, 0.25) is 0 Å². The lowest BCUT2D eigenvalue weighted by atomic mass is 10.2. The molecule has 0 saturated heterocycles. The number of methoxy groups -OCH3 is 2. The standard InChI is InChI=1S/C10H10F3NO5/c1-17-7(16)4-5-3-6(15)9(14-8(5)18-2)19-10(11,12)13/h3,15H,4H2,1-2H3. The highest BCUT2D eigenvalue weighted by atomic mass is 19.4. The van der Waals surface area contributed by atoms with Gasteiger partial charge < -0.3 is 19.3 Å². The predicted molar refractivity (Wildman–Crippen MR) is 54.9 cm³/mol. The number of hydrogen-bond acceptors (Lipinski definition) is 6. The van der Waals surface area contributed by atoms with Crippen molar-refractivity contribution in [3.8, 4) is 17.5 Å². The lowest BCUT2D eigenvalue weighted by Crippen LogP contribution is -2.18. The van der Waals surface area contributed by atoms with Gasteiger partial charge in [0.15, 0.2) is 5.75 Å². The molecule has 0 radical (unpaired) electrons. The van der Waals surface area contributed by atoms with E-state index in [0.717, 1.165) is 20.3 Å². The molecule has 1 rings (SSSR count). The Labute approximate surface area is 105 Å². The third-order valence-corrected chi connectivity index (χ3v) is 1.98. The molecule has 1 heterocycles. The van der Waals surface area contributed by atoms with Gasteiger partial charge >= 0.3 is 12.3 Å². The molecular formula is C10H10F3NO5. The van der Waals surface area contributed by atoms with Crippen molar-refractivity contribution >= 4 is 5.97 Å². The number of rotatable bonds is 4. The van der Waals surface area contributed by atoms with Crippen molar-refractivity contribution in [2.24, 2.45) is 0 Å². The van der Waals surface area contributed by atoms with Crippen LogP contribution in [0.5, 0.6) is 17.5 Å². The first kappa shape index (κ1) is 14.9. The van der Waals surface area contributed by atoms with E-state index < -0.39 is 24.0 Å². The highest BCUT2D eigenvalue weighted by Gasteiger charge is 2.33. The second kappa shape index (κ2) is 5.63. The number of aromatic nitrogens is 1. The zero-order chi connectivity index (χ0) is 14.6. The fourth-order valence-electron chi connectivity index (χ4n) is 1.23. The van der Waals surface area contributed by atoms with Gasteiger partial charge in [-0.25, -0.2) is 0 Å². The van der Waals surface area contributed by atoms with Crippen molar-refractivity contribution in [2.45, 2.75) is 12.8 Å². The Hall–Kier alpha value is -2.19. The van der Waals surface area contributed by atoms with Crippen LogP contribution in [0, 0.1) is 0 Å². The summed E-state index contributed by atoms with van der Waals surface area (Å²) in [7, 11) is 2.29. The minimum atomic E-state index is -5.00. The maximum atomic E-state index is 12.0. The molecule has 0 fully saturated rings. The molecule has 0 aromatic carbocycles. The van der Waals surface area contributed by atoms with Gasteiger partial charge in [-0.05, 0) is 6.07 Å². The summed E-state index contributed by atoms with van der Waals surface area (Å²) in [5.41, 5.74) is 0.0707. The summed E-state index contributed by atoms with van der Waals surface area (Å²) < 4.78 is 48.7. The molecule has 0 aliphatic rings. The van der Waals surface area contributed by atoms with Crippen LogP contribution in [0.1, 0.15) is 5.56 Å². The molecule has 0 bridgehead atoms. The van der Waals surface area contributed by atoms with Gasteiger partial charge in [0, 0.05) is 5.56 Å². The van der Waals surface area contributed by atoms with Crippen LogP contribution in [0.3, 0.4) is 0 Å². The monoisotopic (exact) mass is 281 g/mol. The van der Waals surface area contributed by atoms with E-state index in [1.54, 1.807) is 0 Å². The number of carbonyl (C=O) groups excluding carboxylic acids is 1. The Balaban J connectivity index is 3.10. The fraction of sp³-hybridized carbons (Fsp3) is 0.400. The Morgan fingerprint density at radius 2 is 2.00 bits per heavy atom. The molecule has 0 amide bonds. The van der Waals surface area contributed by atoms with Gasteiger partial charge in [-0.2, -0.15) is 4.98 Å². The van der Waals surface area contributed by atoms with Crippen LogP contribution in [0.4, 0.5) is 13.2 Å². The largest absolute Gasteiger partial charge is 0.574 e. The van der Waals surface area contributed by atoms with Crippen LogP contribution >= 0.6 is 0 Å². The number of esters is 1. The maximum absolute atomic E-state index is 12.0. The maximum Gasteiger partial charge on any atom is 0.574 e. The van der Waals surface area contributed by atoms with Crippen molar-refractivity contribution in [3.63, 3.8) is 0 Å². The number of aromatic hydroxyl groups is 1. The second-order valence-electron chi connectivity index (χ2n) is 3.28. The summed E-state index contributed by atoms with van der Waals surface area (Å²) in [5, 5.41) is 9.37. The summed E-state index contributed by atoms with van der Waals surface area (Å²) in [6.45, 7) is 0. The fourth-order valence-corrected chi connectivity index (χ4v) is 1.23. The molecule has 1 aromatic rings. The number of ether oxygens (including phenoxy) is 3. The minimum absolute atomic E-state index is 0.0707. The van der Waals surface area contributed by atoms with E-state index in [4.69, 9.17) is 4.74 Å². The molecule has 0 saturated carbocycles. The van der Waals surface area contributed by atoms with Crippen LogP contribution in [-0.2, 0) is 16.0 Å². The van der Waals surface area contributed by atoms with Crippen LogP contribution in [0.15, 0.2) is 6.07 Å². The van der Waals surface area contributed by atoms with Gasteiger partial charge in [0.2, 0.25) is 5.88 Å². The third-order valence-electron chi connectivity index (χ3n) is 1.98. The summed E-state index contributed by atoms with van der Waals surface area (Å²) >= 11 is 0. The van der Waals surface area contributed by atoms with Gasteiger partial charge in [0.25, 0.3) is 5.88 Å². The van der Waals surface area contributed by atoms with Gasteiger partial charge in [-0.15, -0.1) is 13.2 Å². The summed E-state index contributed by atoms with van der Waals surface area (Å²) in [4.78, 5) is 14.4. The highest BCUT2D eigenvalue weighted by molar-refractivity contribution is 5.73. The quantitative estimate of drug-likeness (QED) is 0.841. The number of alkyl halides is 3. The van der Waals surface area contributed by atoms with Crippen molar-refractivity contribution < 1.29 is 37.3 Å². The first-order valence-electron chi connectivity index (χ1n) is 4.86. The topological polar surface area (TPSA) is 77.9 Å². The lowest BCUT2D eigenvalue weighted by molar-refractivity contribution is -0.276. The van der Waals surface area contributed by atoms with Crippen molar-refractivity contribution in [1.29, 1.82) is 0 Å². The lowest BCUT2D eigenvalue weighted by Gasteiger charge is -2.12. The van der Waals surface area contributed by atoms with Gasteiger partial charge in [0.1, 0.15) is 0 Å². The van der Waals surface area contributed by atoms with Gasteiger partial charge in [-0.3, -0.25) is 4.79 Å². The average Bonchev–Trinajstić information content (AvgIpc) is 2.30. The molecule has 19 heavy (non-hydrogen) atoms. The molecule has 0 atom stereocenters. The number of halogens is 3. The zero-order valence-electron chi connectivity index (χ0n) is 9.95. The molecule has 0 spiro atoms. The second-order valence-corrected chi connectivity index (χ2v) is 3.28. The van der Waals surface area contributed by atoms with Crippen LogP contribution < -0.4 is 9.47 Å². The molecule has 106 valence electrons. The Bertz CT molecular complexity index is 475. The SMILES string of the molecule is COC(=O)Cc1cc(O)c(OC(F)(F)F)nc1OC. The van der Waals surface area contributed by atoms with E-state index >= 15 is 0 Å². The average molecular weight is 281 g/mol. The zero-order valence-corrected chi connectivity index (χ0v) is 9.95. The molecule has 1 aromatic heterocycles. The third kappa shape index (κ3) is 4.19. The molecule has 0 aliphatic carbocycles. The van der Waals surface area contributed by atoms with Crippen LogP contribution in [-0.4, -0.2) is 36.6 Å². The van der Waals surface area contributed by atoms with E-state index in [9.17, 15) is 23.1 Å². The van der Waals surface area contributed by atoms with Gasteiger partial charge in [0.05, 0.1) is 20.6 Å². The smallest absolute Gasteiger partial charge is 0.503 e. The molecule has 0 unspecified atom stereocenters. The highest BCUT2D eigenvalue weighted by Crippen LogP contribution is 2.33. The van der Waals surface area contributed by atoms with Gasteiger partial charge in [-0.1, -0.05) is 0 Å². The van der Waals surface area contributed by atoms with Crippen molar-refractivity contribution in [3.05, 3.63) is 11.6 Å². The molecular weight excluding hydrogens is 271 g/mol. The normalized spacial score (nSPS) is 11.0. The Morgan fingerprint density at radius 1 is 1.37 bits per heavy atom. The van der Waals surface area contributed by atoms with E-state index in [-0.39, 0.29) is 17.9 Å². The first-order chi connectivity index (χ1) is 8.76. The van der Waals surface area contributed by atoms with Crippen molar-refractivity contribution in [1.82, 2.24) is 4.98 Å². The molecule has 9 heteroatoms. The number of nitrogens with zero attached hydrogens (tertiary/aromatic N) is 1. The number of hydrogen-bond donors (Lipinski definition) is 1. The van der Waals surface area contributed by atoms with E-state index in [2.05, 4.69) is 14.5 Å². The molecule has 0 aliphatic heterocycles. The van der Waals surface area contributed by atoms with E-state index in [1.807, 2.05) is 0 Å². The van der Waals surface area contributed by atoms with Crippen molar-refractivity contribution in [2.75, 3.05) is 14.2 Å². The summed E-state index contributed by atoms with van der Waals surface area (Å²) in [5.74, 6) is -2.86. The summed E-state index contributed by atoms with van der Waals surface area (Å²) in [6, 6.07) is 0.893. The molecule has 6 nitrogen and oxygen atoms in total. The minimum Gasteiger partial charge on any atom is -0.503 e. The number of carbonyl (C=O) groups is 1. The number of pyridine rings is 1. The predicted octanol–water partition coefficient (Wildman–Crippen LogP) is 1.41. The van der Waals surface area contributed by atoms with E-state index in [1.165, 1.54) is 0 Å².